The molecule has 0 radical (unpaired) electrons. The Labute approximate surface area is 278 Å². The van der Waals surface area contributed by atoms with Gasteiger partial charge in [0.25, 0.3) is 5.56 Å². The molecule has 0 aliphatic carbocycles. The minimum Gasteiger partial charge on any atom is -0.368 e. The maximum absolute atomic E-state index is 13.6. The molecule has 0 saturated heterocycles. The maximum atomic E-state index is 13.6. The van der Waals surface area contributed by atoms with E-state index in [4.69, 9.17) is 5.73 Å². The van der Waals surface area contributed by atoms with Crippen LogP contribution in [0.25, 0.3) is 11.1 Å². The Morgan fingerprint density at radius 3 is 2.02 bits per heavy atom. The Kier molecular flexibility index (Phi) is 9.99. The molecule has 2 N–H and O–H groups in total. The normalized spacial score (nSPS) is 11.8. The first-order chi connectivity index (χ1) is 22.7. The van der Waals surface area contributed by atoms with Crippen LogP contribution in [0.3, 0.4) is 0 Å². The Bertz CT molecular complexity index is 1950. The Hall–Kier alpha value is -5.04. The Morgan fingerprint density at radius 1 is 0.875 bits per heavy atom. The summed E-state index contributed by atoms with van der Waals surface area (Å²) in [7, 11) is 1.66. The number of carbonyl (C=O) groups excluding carboxylic acids is 1. The fraction of sp³-hybridized carbons (Fsp3) is 0.229. The quantitative estimate of drug-likeness (QED) is 0.0995. The van der Waals surface area contributed by atoms with Crippen LogP contribution in [-0.2, 0) is 35.2 Å². The average Bonchev–Trinajstić information content (AvgIpc) is 3.05. The molecular weight excluding hydrogens is 644 g/mol. The number of nitrogens with two attached hydrogens (primary N) is 1. The molecule has 0 atom stereocenters. The number of amides is 1. The van der Waals surface area contributed by atoms with Gasteiger partial charge in [-0.3, -0.25) is 9.59 Å². The number of alkyl halides is 3. The topological polar surface area (TPSA) is 107 Å². The van der Waals surface area contributed by atoms with Gasteiger partial charge in [0, 0.05) is 48.9 Å². The van der Waals surface area contributed by atoms with Crippen molar-refractivity contribution in [2.75, 3.05) is 12.8 Å². The summed E-state index contributed by atoms with van der Waals surface area (Å²) < 4.78 is 53.9. The molecular formula is C35H32F4N6O2S. The number of thioether (sulfide) groups is 1. The molecule has 0 bridgehead atoms. The molecule has 248 valence electrons. The number of hydrogen-bond donors (Lipinski definition) is 1. The van der Waals surface area contributed by atoms with Gasteiger partial charge in [-0.05, 0) is 52.1 Å². The van der Waals surface area contributed by atoms with Gasteiger partial charge in [-0.2, -0.15) is 18.2 Å². The fourth-order valence-electron chi connectivity index (χ4n) is 4.96. The monoisotopic (exact) mass is 676 g/mol. The smallest absolute Gasteiger partial charge is 0.368 e. The van der Waals surface area contributed by atoms with E-state index in [1.807, 2.05) is 26.0 Å². The molecule has 1 amide bonds. The summed E-state index contributed by atoms with van der Waals surface area (Å²) in [5.41, 5.74) is 7.58. The second-order valence-electron chi connectivity index (χ2n) is 11.8. The molecule has 0 unspecified atom stereocenters. The number of halogens is 4. The van der Waals surface area contributed by atoms with E-state index in [0.29, 0.717) is 27.6 Å². The van der Waals surface area contributed by atoms with Gasteiger partial charge in [-0.1, -0.05) is 74.1 Å². The van der Waals surface area contributed by atoms with E-state index in [2.05, 4.69) is 15.0 Å². The lowest BCUT2D eigenvalue weighted by Gasteiger charge is -2.26. The van der Waals surface area contributed by atoms with Crippen LogP contribution in [-0.4, -0.2) is 37.4 Å². The number of aromatic nitrogens is 4. The second-order valence-corrected chi connectivity index (χ2v) is 12.7. The van der Waals surface area contributed by atoms with Crippen LogP contribution in [0.15, 0.2) is 101 Å². The first kappa shape index (κ1) is 34.3. The molecule has 0 aliphatic rings. The molecule has 0 saturated carbocycles. The number of likely N-dealkylation sites (N-methyl/N-ethyl adjacent to an activating group) is 1. The van der Waals surface area contributed by atoms with E-state index in [9.17, 15) is 27.2 Å². The maximum Gasteiger partial charge on any atom is 0.416 e. The standard InChI is InChI=1S/C35H32F4N6O2S/c1-34(2,27-16-41-32(40)42-17-27)29-19-45(33(43-31(29)47)48-21-23-6-14-28(36)15-7-23)20-30(46)44(3)18-22-4-8-24(9-5-22)25-10-12-26(13-11-25)35(37,38)39/h4-17,19H,18,20-21H2,1-3H3,(H2,40,41,42). The van der Waals surface area contributed by atoms with Crippen LogP contribution >= 0.6 is 11.8 Å². The van der Waals surface area contributed by atoms with E-state index in [0.717, 1.165) is 28.8 Å². The molecule has 8 nitrogen and oxygen atoms in total. The summed E-state index contributed by atoms with van der Waals surface area (Å²) in [5, 5.41) is 0.320. The Morgan fingerprint density at radius 2 is 1.44 bits per heavy atom. The van der Waals surface area contributed by atoms with E-state index < -0.39 is 22.7 Å². The lowest BCUT2D eigenvalue weighted by atomic mass is 9.81. The lowest BCUT2D eigenvalue weighted by molar-refractivity contribution is -0.137. The van der Waals surface area contributed by atoms with Crippen LogP contribution < -0.4 is 11.3 Å². The predicted octanol–water partition coefficient (Wildman–Crippen LogP) is 6.72. The molecule has 0 fully saturated rings. The largest absolute Gasteiger partial charge is 0.416 e. The van der Waals surface area contributed by atoms with Crippen molar-refractivity contribution in [2.24, 2.45) is 0 Å². The van der Waals surface area contributed by atoms with Crippen molar-refractivity contribution >= 4 is 23.6 Å². The second kappa shape index (κ2) is 14.0. The highest BCUT2D eigenvalue weighted by molar-refractivity contribution is 7.98. The summed E-state index contributed by atoms with van der Waals surface area (Å²) in [5.74, 6) is -0.132. The average molecular weight is 677 g/mol. The van der Waals surface area contributed by atoms with Crippen molar-refractivity contribution in [3.63, 3.8) is 0 Å². The van der Waals surface area contributed by atoms with Crippen molar-refractivity contribution in [3.8, 4) is 11.1 Å². The number of hydrogen-bond acceptors (Lipinski definition) is 7. The number of benzene rings is 3. The van der Waals surface area contributed by atoms with Crippen molar-refractivity contribution in [3.05, 3.63) is 135 Å². The van der Waals surface area contributed by atoms with Crippen molar-refractivity contribution in [2.45, 2.75) is 49.4 Å². The van der Waals surface area contributed by atoms with E-state index >= 15 is 0 Å². The number of carbonyl (C=O) groups is 1. The van der Waals surface area contributed by atoms with E-state index in [1.165, 1.54) is 40.9 Å². The number of anilines is 1. The molecule has 0 aliphatic heterocycles. The molecule has 5 aromatic rings. The zero-order valence-corrected chi connectivity index (χ0v) is 27.1. The highest BCUT2D eigenvalue weighted by Crippen LogP contribution is 2.32. The SMILES string of the molecule is CN(Cc1ccc(-c2ccc(C(F)(F)F)cc2)cc1)C(=O)Cn1cc(C(C)(C)c2cnc(N)nc2)c(=O)nc1SCc1ccc(F)cc1. The third kappa shape index (κ3) is 8.08. The summed E-state index contributed by atoms with van der Waals surface area (Å²) in [6.07, 6.45) is 0.316. The zero-order valence-electron chi connectivity index (χ0n) is 26.3. The minimum atomic E-state index is -4.41. The summed E-state index contributed by atoms with van der Waals surface area (Å²) in [6, 6.07) is 18.2. The first-order valence-electron chi connectivity index (χ1n) is 14.8. The molecule has 0 spiro atoms. The van der Waals surface area contributed by atoms with Gasteiger partial charge in [0.1, 0.15) is 12.4 Å². The van der Waals surface area contributed by atoms with E-state index in [-0.39, 0.29) is 30.8 Å². The van der Waals surface area contributed by atoms with Crippen LogP contribution in [0, 0.1) is 5.82 Å². The van der Waals surface area contributed by atoms with E-state index in [1.54, 1.807) is 54.5 Å². The van der Waals surface area contributed by atoms with Crippen LogP contribution in [0.2, 0.25) is 0 Å². The Balaban J connectivity index is 1.36. The molecule has 2 heterocycles. The van der Waals surface area contributed by atoms with Crippen LogP contribution in [0.5, 0.6) is 0 Å². The van der Waals surface area contributed by atoms with Crippen LogP contribution in [0.1, 0.15) is 41.7 Å². The van der Waals surface area contributed by atoms with Gasteiger partial charge in [0.15, 0.2) is 5.16 Å². The van der Waals surface area contributed by atoms with Gasteiger partial charge in [-0.15, -0.1) is 0 Å². The van der Waals surface area contributed by atoms with Gasteiger partial charge in [0.05, 0.1) is 5.56 Å². The zero-order chi connectivity index (χ0) is 34.6. The fourth-order valence-corrected chi connectivity index (χ4v) is 5.88. The summed E-state index contributed by atoms with van der Waals surface area (Å²) in [4.78, 5) is 41.0. The number of rotatable bonds is 10. The first-order valence-corrected chi connectivity index (χ1v) is 15.8. The highest BCUT2D eigenvalue weighted by Gasteiger charge is 2.31. The third-order valence-corrected chi connectivity index (χ3v) is 9.02. The number of nitrogens with zero attached hydrogens (tertiary/aromatic N) is 5. The minimum absolute atomic E-state index is 0.0977. The van der Waals surface area contributed by atoms with Gasteiger partial charge >= 0.3 is 6.18 Å². The molecule has 13 heteroatoms. The summed E-state index contributed by atoms with van der Waals surface area (Å²) in [6.45, 7) is 3.80. The van der Waals surface area contributed by atoms with Crippen molar-refractivity contribution in [1.82, 2.24) is 24.4 Å². The molecule has 48 heavy (non-hydrogen) atoms. The summed E-state index contributed by atoms with van der Waals surface area (Å²) >= 11 is 1.25. The number of nitrogen functional groups attached to an aromatic ring is 1. The van der Waals surface area contributed by atoms with Crippen molar-refractivity contribution < 1.29 is 22.4 Å². The molecule has 2 aromatic heterocycles. The van der Waals surface area contributed by atoms with Gasteiger partial charge < -0.3 is 15.2 Å². The molecule has 5 rings (SSSR count). The van der Waals surface area contributed by atoms with Gasteiger partial charge in [-0.25, -0.2) is 14.4 Å². The highest BCUT2D eigenvalue weighted by atomic mass is 32.2. The third-order valence-electron chi connectivity index (χ3n) is 7.96. The van der Waals surface area contributed by atoms with Gasteiger partial charge in [0.2, 0.25) is 11.9 Å². The molecule has 3 aromatic carbocycles. The van der Waals surface area contributed by atoms with Crippen molar-refractivity contribution in [1.29, 1.82) is 0 Å². The predicted molar refractivity (Wildman–Crippen MR) is 176 cm³/mol. The lowest BCUT2D eigenvalue weighted by Crippen LogP contribution is -2.34. The van der Waals surface area contributed by atoms with Crippen LogP contribution in [0.4, 0.5) is 23.5 Å².